The van der Waals surface area contributed by atoms with E-state index in [1.807, 2.05) is 19.3 Å². The first-order valence-electron chi connectivity index (χ1n) is 7.56. The molecule has 0 aliphatic carbocycles. The Labute approximate surface area is 131 Å². The van der Waals surface area contributed by atoms with E-state index in [-0.39, 0.29) is 11.9 Å². The molecule has 0 aliphatic rings. The molecule has 22 heavy (non-hydrogen) atoms. The normalized spacial score (nSPS) is 15.5. The molecule has 0 fully saturated rings. The molecule has 2 aromatic rings. The fraction of sp³-hybridized carbons (Fsp3) is 0.471. The van der Waals surface area contributed by atoms with E-state index in [2.05, 4.69) is 17.3 Å². The van der Waals surface area contributed by atoms with E-state index in [1.54, 1.807) is 29.9 Å². The highest BCUT2D eigenvalue weighted by molar-refractivity contribution is 5.17. The summed E-state index contributed by atoms with van der Waals surface area (Å²) < 4.78 is 14.8. The van der Waals surface area contributed by atoms with Gasteiger partial charge < -0.3 is 10.4 Å². The third-order valence-corrected chi connectivity index (χ3v) is 3.88. The minimum Gasteiger partial charge on any atom is -0.384 e. The molecule has 0 saturated heterocycles. The smallest absolute Gasteiger partial charge is 0.123 e. The van der Waals surface area contributed by atoms with E-state index in [9.17, 15) is 9.50 Å². The molecule has 0 bridgehead atoms. The molecular weight excluding hydrogens is 281 g/mol. The van der Waals surface area contributed by atoms with Crippen molar-refractivity contribution in [3.8, 4) is 0 Å². The number of nitrogens with zero attached hydrogens (tertiary/aromatic N) is 2. The highest BCUT2D eigenvalue weighted by atomic mass is 19.1. The van der Waals surface area contributed by atoms with E-state index in [0.29, 0.717) is 6.54 Å². The third kappa shape index (κ3) is 4.64. The van der Waals surface area contributed by atoms with Gasteiger partial charge in [0.05, 0.1) is 6.20 Å². The molecular formula is C17H24FN3O. The van der Waals surface area contributed by atoms with Crippen molar-refractivity contribution >= 4 is 0 Å². The van der Waals surface area contributed by atoms with Gasteiger partial charge in [0.1, 0.15) is 11.4 Å². The minimum absolute atomic E-state index is 0.197. The van der Waals surface area contributed by atoms with Crippen LogP contribution in [-0.2, 0) is 19.1 Å². The first-order chi connectivity index (χ1) is 10.4. The molecule has 2 rings (SSSR count). The van der Waals surface area contributed by atoms with Gasteiger partial charge in [-0.3, -0.25) is 4.68 Å². The second kappa shape index (κ2) is 7.03. The molecule has 2 N–H and O–H groups in total. The fourth-order valence-electron chi connectivity index (χ4n) is 2.35. The molecule has 0 radical (unpaired) electrons. The Kier molecular flexibility index (Phi) is 5.32. The summed E-state index contributed by atoms with van der Waals surface area (Å²) in [6.07, 6.45) is 5.19. The van der Waals surface area contributed by atoms with Gasteiger partial charge in [-0.25, -0.2) is 4.39 Å². The predicted octanol–water partition coefficient (Wildman–Crippen LogP) is 2.38. The van der Waals surface area contributed by atoms with Crippen LogP contribution in [0.1, 0.15) is 31.4 Å². The Morgan fingerprint density at radius 2 is 2.23 bits per heavy atom. The Bertz CT molecular complexity index is 609. The fourth-order valence-corrected chi connectivity index (χ4v) is 2.35. The third-order valence-electron chi connectivity index (χ3n) is 3.88. The summed E-state index contributed by atoms with van der Waals surface area (Å²) in [6.45, 7) is 4.29. The van der Waals surface area contributed by atoms with Crippen LogP contribution in [0.5, 0.6) is 0 Å². The lowest BCUT2D eigenvalue weighted by Crippen LogP contribution is -2.39. The number of aryl methyl sites for hydroxylation is 2. The van der Waals surface area contributed by atoms with Crippen LogP contribution in [0.4, 0.5) is 4.39 Å². The maximum Gasteiger partial charge on any atom is 0.123 e. The van der Waals surface area contributed by atoms with E-state index < -0.39 is 5.60 Å². The number of hydrogen-bond donors (Lipinski definition) is 2. The van der Waals surface area contributed by atoms with Gasteiger partial charge >= 0.3 is 0 Å². The SMILES string of the molecule is C[C@@H](CCc1cccc(F)c1)NC[C@](C)(O)c1cnn(C)c1. The van der Waals surface area contributed by atoms with Crippen molar-refractivity contribution in [1.29, 1.82) is 0 Å². The predicted molar refractivity (Wildman–Crippen MR) is 85.0 cm³/mol. The van der Waals surface area contributed by atoms with Crippen molar-refractivity contribution in [2.24, 2.45) is 7.05 Å². The van der Waals surface area contributed by atoms with Gasteiger partial charge in [-0.2, -0.15) is 5.10 Å². The molecule has 0 unspecified atom stereocenters. The largest absolute Gasteiger partial charge is 0.384 e. The van der Waals surface area contributed by atoms with Crippen LogP contribution in [0.25, 0.3) is 0 Å². The van der Waals surface area contributed by atoms with Gasteiger partial charge in [-0.1, -0.05) is 12.1 Å². The number of aromatic nitrogens is 2. The van der Waals surface area contributed by atoms with Crippen molar-refractivity contribution in [3.63, 3.8) is 0 Å². The highest BCUT2D eigenvalue weighted by Crippen LogP contribution is 2.19. The quantitative estimate of drug-likeness (QED) is 0.826. The number of hydrogen-bond acceptors (Lipinski definition) is 3. The number of rotatable bonds is 7. The van der Waals surface area contributed by atoms with Crippen LogP contribution in [0.3, 0.4) is 0 Å². The summed E-state index contributed by atoms with van der Waals surface area (Å²) in [6, 6.07) is 6.92. The van der Waals surface area contributed by atoms with Gasteiger partial charge in [0.2, 0.25) is 0 Å². The average molecular weight is 305 g/mol. The lowest BCUT2D eigenvalue weighted by molar-refractivity contribution is 0.0540. The summed E-state index contributed by atoms with van der Waals surface area (Å²) in [7, 11) is 1.83. The minimum atomic E-state index is -0.957. The van der Waals surface area contributed by atoms with Crippen LogP contribution in [0.2, 0.25) is 0 Å². The summed E-state index contributed by atoms with van der Waals surface area (Å²) in [5, 5.41) is 17.9. The van der Waals surface area contributed by atoms with Crippen LogP contribution in [0.15, 0.2) is 36.7 Å². The second-order valence-electron chi connectivity index (χ2n) is 6.13. The molecule has 0 amide bonds. The van der Waals surface area contributed by atoms with Gasteiger partial charge in [-0.15, -0.1) is 0 Å². The van der Waals surface area contributed by atoms with Crippen molar-refractivity contribution in [2.45, 2.75) is 38.3 Å². The zero-order valence-electron chi connectivity index (χ0n) is 13.4. The van der Waals surface area contributed by atoms with Gasteiger partial charge in [0.25, 0.3) is 0 Å². The number of halogens is 1. The molecule has 1 heterocycles. The second-order valence-corrected chi connectivity index (χ2v) is 6.13. The van der Waals surface area contributed by atoms with E-state index in [0.717, 1.165) is 24.0 Å². The van der Waals surface area contributed by atoms with Crippen molar-refractivity contribution < 1.29 is 9.50 Å². The zero-order valence-corrected chi connectivity index (χ0v) is 13.4. The van der Waals surface area contributed by atoms with Gasteiger partial charge in [0.15, 0.2) is 0 Å². The standard InChI is InChI=1S/C17H24FN3O/c1-13(7-8-14-5-4-6-16(18)9-14)19-12-17(2,22)15-10-20-21(3)11-15/h4-6,9-11,13,19,22H,7-8,12H2,1-3H3/t13-,17-/m0/s1. The summed E-state index contributed by atoms with van der Waals surface area (Å²) in [5.74, 6) is -0.197. The number of aliphatic hydroxyl groups is 1. The first kappa shape index (κ1) is 16.6. The van der Waals surface area contributed by atoms with Crippen LogP contribution in [-0.4, -0.2) is 27.5 Å². The molecule has 0 spiro atoms. The Balaban J connectivity index is 1.81. The maximum atomic E-state index is 13.1. The molecule has 2 atom stereocenters. The summed E-state index contributed by atoms with van der Waals surface area (Å²) >= 11 is 0. The van der Waals surface area contributed by atoms with Gasteiger partial charge in [-0.05, 0) is 44.4 Å². The first-order valence-corrected chi connectivity index (χ1v) is 7.56. The molecule has 0 aliphatic heterocycles. The van der Waals surface area contributed by atoms with Crippen LogP contribution < -0.4 is 5.32 Å². The monoisotopic (exact) mass is 305 g/mol. The molecule has 4 nitrogen and oxygen atoms in total. The van der Waals surface area contributed by atoms with Crippen LogP contribution >= 0.6 is 0 Å². The van der Waals surface area contributed by atoms with E-state index in [1.165, 1.54) is 6.07 Å². The molecule has 5 heteroatoms. The number of benzene rings is 1. The summed E-state index contributed by atoms with van der Waals surface area (Å²) in [4.78, 5) is 0. The lowest BCUT2D eigenvalue weighted by atomic mass is 9.98. The van der Waals surface area contributed by atoms with Gasteiger partial charge in [0, 0.05) is 31.4 Å². The van der Waals surface area contributed by atoms with E-state index in [4.69, 9.17) is 0 Å². The van der Waals surface area contributed by atoms with Crippen molar-refractivity contribution in [1.82, 2.24) is 15.1 Å². The van der Waals surface area contributed by atoms with E-state index >= 15 is 0 Å². The lowest BCUT2D eigenvalue weighted by Gasteiger charge is -2.25. The van der Waals surface area contributed by atoms with Crippen LogP contribution in [0, 0.1) is 5.82 Å². The molecule has 0 saturated carbocycles. The molecule has 1 aromatic heterocycles. The molecule has 1 aromatic carbocycles. The summed E-state index contributed by atoms with van der Waals surface area (Å²) in [5.41, 5.74) is 0.828. The Morgan fingerprint density at radius 1 is 1.45 bits per heavy atom. The highest BCUT2D eigenvalue weighted by Gasteiger charge is 2.24. The topological polar surface area (TPSA) is 50.1 Å². The van der Waals surface area contributed by atoms with Crippen molar-refractivity contribution in [2.75, 3.05) is 6.54 Å². The number of nitrogens with one attached hydrogen (secondary N) is 1. The average Bonchev–Trinajstić information content (AvgIpc) is 2.91. The maximum absolute atomic E-state index is 13.1. The zero-order chi connectivity index (χ0) is 16.2. The Morgan fingerprint density at radius 3 is 2.86 bits per heavy atom. The van der Waals surface area contributed by atoms with Crippen molar-refractivity contribution in [3.05, 3.63) is 53.6 Å². The molecule has 120 valence electrons. The Hall–Kier alpha value is -1.72.